The van der Waals surface area contributed by atoms with E-state index in [-0.39, 0.29) is 14.9 Å². The van der Waals surface area contributed by atoms with Crippen LogP contribution < -0.4 is 0 Å². The Morgan fingerprint density at radius 3 is 1.55 bits per heavy atom. The van der Waals surface area contributed by atoms with Crippen LogP contribution in [0, 0.1) is 5.92 Å². The molecule has 0 aliphatic heterocycles. The lowest BCUT2D eigenvalue weighted by Crippen LogP contribution is -2.12. The Bertz CT molecular complexity index is 49.5. The fourth-order valence-electron chi connectivity index (χ4n) is 0.755. The smallest absolute Gasteiger partial charge is 0.0512 e. The quantitative estimate of drug-likeness (QED) is 0.622. The van der Waals surface area contributed by atoms with Gasteiger partial charge in [0.05, 0.1) is 13.2 Å². The zero-order valence-electron chi connectivity index (χ0n) is 6.52. The third kappa shape index (κ3) is 9.92. The molecule has 0 saturated heterocycles. The highest BCUT2D eigenvalue weighted by molar-refractivity contribution is 4.52. The Labute approximate surface area is 71.9 Å². The number of methoxy groups -OCH3 is 2. The fraction of sp³-hybridized carbons (Fsp3) is 1.00. The molecule has 11 heavy (non-hydrogen) atoms. The molecule has 0 aromatic rings. The third-order valence-electron chi connectivity index (χ3n) is 1.38. The van der Waals surface area contributed by atoms with Gasteiger partial charge in [0.15, 0.2) is 0 Å². The second kappa shape index (κ2) is 12.6. The standard InChI is InChI=1S/C7H16O2.2CH4/c1-4-7(5-8-2)6-9-3;;/h7H,4-6H2,1-3H3;2*1H4. The molecule has 0 rings (SSSR count). The molecule has 2 heteroatoms. The van der Waals surface area contributed by atoms with Crippen LogP contribution in [0.3, 0.4) is 0 Å². The van der Waals surface area contributed by atoms with E-state index >= 15 is 0 Å². The first-order chi connectivity index (χ1) is 4.35. The molecule has 72 valence electrons. The number of rotatable bonds is 5. The predicted molar refractivity (Wildman–Crippen MR) is 51.0 cm³/mol. The molecular formula is C9H24O2. The van der Waals surface area contributed by atoms with Gasteiger partial charge in [-0.25, -0.2) is 0 Å². The summed E-state index contributed by atoms with van der Waals surface area (Å²) in [7, 11) is 3.44. The normalized spacial score (nSPS) is 8.73. The fourth-order valence-corrected chi connectivity index (χ4v) is 0.755. The average molecular weight is 164 g/mol. The van der Waals surface area contributed by atoms with Crippen molar-refractivity contribution in [2.24, 2.45) is 5.92 Å². The Kier molecular flexibility index (Phi) is 19.6. The summed E-state index contributed by atoms with van der Waals surface area (Å²) in [5.74, 6) is 0.569. The molecule has 0 aliphatic carbocycles. The molecule has 0 saturated carbocycles. The summed E-state index contributed by atoms with van der Waals surface area (Å²) >= 11 is 0. The summed E-state index contributed by atoms with van der Waals surface area (Å²) in [5.41, 5.74) is 0. The van der Waals surface area contributed by atoms with Crippen LogP contribution in [-0.4, -0.2) is 27.4 Å². The van der Waals surface area contributed by atoms with E-state index in [0.717, 1.165) is 19.6 Å². The first-order valence-electron chi connectivity index (χ1n) is 3.33. The minimum absolute atomic E-state index is 0. The molecule has 0 fully saturated rings. The van der Waals surface area contributed by atoms with Gasteiger partial charge in [0, 0.05) is 20.1 Å². The van der Waals surface area contributed by atoms with E-state index < -0.39 is 0 Å². The number of hydrogen-bond donors (Lipinski definition) is 0. The van der Waals surface area contributed by atoms with E-state index in [1.54, 1.807) is 14.2 Å². The molecule has 0 unspecified atom stereocenters. The van der Waals surface area contributed by atoms with E-state index in [1.165, 1.54) is 0 Å². The van der Waals surface area contributed by atoms with Gasteiger partial charge in [-0.2, -0.15) is 0 Å². The second-order valence-electron chi connectivity index (χ2n) is 2.18. The van der Waals surface area contributed by atoms with E-state index in [1.807, 2.05) is 0 Å². The summed E-state index contributed by atoms with van der Waals surface area (Å²) in [6.07, 6.45) is 1.13. The summed E-state index contributed by atoms with van der Waals surface area (Å²) in [5, 5.41) is 0. The zero-order chi connectivity index (χ0) is 7.11. The highest BCUT2D eigenvalue weighted by atomic mass is 16.5. The van der Waals surface area contributed by atoms with Crippen molar-refractivity contribution in [3.63, 3.8) is 0 Å². The SMILES string of the molecule is C.C.CCC(COC)COC. The van der Waals surface area contributed by atoms with Gasteiger partial charge in [-0.1, -0.05) is 21.8 Å². The van der Waals surface area contributed by atoms with Crippen molar-refractivity contribution in [2.75, 3.05) is 27.4 Å². The van der Waals surface area contributed by atoms with E-state index in [9.17, 15) is 0 Å². The van der Waals surface area contributed by atoms with Gasteiger partial charge in [0.25, 0.3) is 0 Å². The molecule has 0 radical (unpaired) electrons. The topological polar surface area (TPSA) is 18.5 Å². The maximum Gasteiger partial charge on any atom is 0.0512 e. The predicted octanol–water partition coefficient (Wildman–Crippen LogP) is 2.58. The van der Waals surface area contributed by atoms with E-state index in [2.05, 4.69) is 6.92 Å². The van der Waals surface area contributed by atoms with Crippen LogP contribution in [0.4, 0.5) is 0 Å². The van der Waals surface area contributed by atoms with Gasteiger partial charge in [-0.3, -0.25) is 0 Å². The highest BCUT2D eigenvalue weighted by Crippen LogP contribution is 2.01. The second-order valence-corrected chi connectivity index (χ2v) is 2.18. The number of ether oxygens (including phenoxy) is 2. The summed E-state index contributed by atoms with van der Waals surface area (Å²) in [6.45, 7) is 3.76. The van der Waals surface area contributed by atoms with Gasteiger partial charge in [-0.15, -0.1) is 0 Å². The van der Waals surface area contributed by atoms with Crippen molar-refractivity contribution in [1.82, 2.24) is 0 Å². The lowest BCUT2D eigenvalue weighted by atomic mass is 10.1. The highest BCUT2D eigenvalue weighted by Gasteiger charge is 2.02. The maximum atomic E-state index is 4.97. The molecular weight excluding hydrogens is 140 g/mol. The van der Waals surface area contributed by atoms with Crippen LogP contribution in [0.25, 0.3) is 0 Å². The molecule has 0 heterocycles. The summed E-state index contributed by atoms with van der Waals surface area (Å²) in [4.78, 5) is 0. The van der Waals surface area contributed by atoms with Crippen molar-refractivity contribution in [1.29, 1.82) is 0 Å². The Hall–Kier alpha value is -0.0800. The van der Waals surface area contributed by atoms with Crippen molar-refractivity contribution in [3.8, 4) is 0 Å². The largest absolute Gasteiger partial charge is 0.384 e. The first kappa shape index (κ1) is 17.1. The van der Waals surface area contributed by atoms with Crippen LogP contribution >= 0.6 is 0 Å². The Balaban J connectivity index is -0.000000320. The zero-order valence-corrected chi connectivity index (χ0v) is 6.52. The van der Waals surface area contributed by atoms with Gasteiger partial charge in [0.2, 0.25) is 0 Å². The van der Waals surface area contributed by atoms with Gasteiger partial charge >= 0.3 is 0 Å². The molecule has 2 nitrogen and oxygen atoms in total. The van der Waals surface area contributed by atoms with Gasteiger partial charge in [-0.05, 0) is 6.42 Å². The minimum Gasteiger partial charge on any atom is -0.384 e. The third-order valence-corrected chi connectivity index (χ3v) is 1.38. The van der Waals surface area contributed by atoms with Crippen LogP contribution in [0.1, 0.15) is 28.2 Å². The van der Waals surface area contributed by atoms with Crippen LogP contribution in [0.2, 0.25) is 0 Å². The van der Waals surface area contributed by atoms with Crippen molar-refractivity contribution >= 4 is 0 Å². The first-order valence-corrected chi connectivity index (χ1v) is 3.33. The Morgan fingerprint density at radius 2 is 1.36 bits per heavy atom. The molecule has 0 amide bonds. The minimum atomic E-state index is 0. The lowest BCUT2D eigenvalue weighted by molar-refractivity contribution is 0.0830. The molecule has 0 aliphatic rings. The summed E-state index contributed by atoms with van der Waals surface area (Å²) < 4.78 is 9.93. The van der Waals surface area contributed by atoms with Crippen LogP contribution in [0.15, 0.2) is 0 Å². The molecule has 0 bridgehead atoms. The summed E-state index contributed by atoms with van der Waals surface area (Å²) in [6, 6.07) is 0. The molecule has 0 spiro atoms. The lowest BCUT2D eigenvalue weighted by Gasteiger charge is -2.10. The number of hydrogen-bond acceptors (Lipinski definition) is 2. The van der Waals surface area contributed by atoms with Crippen LogP contribution in [0.5, 0.6) is 0 Å². The van der Waals surface area contributed by atoms with E-state index in [4.69, 9.17) is 9.47 Å². The molecule has 0 atom stereocenters. The maximum absolute atomic E-state index is 4.97. The van der Waals surface area contributed by atoms with E-state index in [0.29, 0.717) is 5.92 Å². The molecule has 0 aromatic heterocycles. The molecule has 0 aromatic carbocycles. The van der Waals surface area contributed by atoms with Crippen molar-refractivity contribution in [2.45, 2.75) is 28.2 Å². The Morgan fingerprint density at radius 1 is 1.00 bits per heavy atom. The molecule has 0 N–H and O–H groups in total. The van der Waals surface area contributed by atoms with Gasteiger partial charge < -0.3 is 9.47 Å². The van der Waals surface area contributed by atoms with Crippen LogP contribution in [-0.2, 0) is 9.47 Å². The van der Waals surface area contributed by atoms with Crippen molar-refractivity contribution in [3.05, 3.63) is 0 Å². The average Bonchev–Trinajstić information content (AvgIpc) is 1.88. The van der Waals surface area contributed by atoms with Crippen molar-refractivity contribution < 1.29 is 9.47 Å². The van der Waals surface area contributed by atoms with Gasteiger partial charge in [0.1, 0.15) is 0 Å². The monoisotopic (exact) mass is 164 g/mol.